The number of nitrogens with one attached hydrogen (secondary N) is 1. The Kier molecular flexibility index (Phi) is 4.07. The van der Waals surface area contributed by atoms with Crippen molar-refractivity contribution in [2.24, 2.45) is 0 Å². The standard InChI is InChI=1S/C14H22N2OS/c1-5-12-9(2)8-13(18-12)14(17)16-7-6-15-10(3)11(16)4/h8,10-11,15H,5-7H2,1-4H3. The third kappa shape index (κ3) is 2.45. The topological polar surface area (TPSA) is 32.3 Å². The molecule has 0 radical (unpaired) electrons. The fraction of sp³-hybridized carbons (Fsp3) is 0.643. The molecule has 0 aromatic carbocycles. The SMILES string of the molecule is CCc1sc(C(=O)N2CCNC(C)C2C)cc1C. The fourth-order valence-electron chi connectivity index (χ4n) is 2.46. The lowest BCUT2D eigenvalue weighted by molar-refractivity contribution is 0.0608. The van der Waals surface area contributed by atoms with Gasteiger partial charge in [0.25, 0.3) is 5.91 Å². The molecule has 1 aromatic heterocycles. The van der Waals surface area contributed by atoms with Crippen molar-refractivity contribution in [2.45, 2.75) is 46.2 Å². The van der Waals surface area contributed by atoms with E-state index in [0.717, 1.165) is 24.4 Å². The lowest BCUT2D eigenvalue weighted by Crippen LogP contribution is -2.57. The van der Waals surface area contributed by atoms with Gasteiger partial charge in [0, 0.05) is 30.1 Å². The van der Waals surface area contributed by atoms with E-state index in [4.69, 9.17) is 0 Å². The second-order valence-corrected chi connectivity index (χ2v) is 6.19. The second-order valence-electron chi connectivity index (χ2n) is 5.05. The molecule has 0 bridgehead atoms. The van der Waals surface area contributed by atoms with Crippen molar-refractivity contribution >= 4 is 17.2 Å². The molecular formula is C14H22N2OS. The van der Waals surface area contributed by atoms with E-state index >= 15 is 0 Å². The summed E-state index contributed by atoms with van der Waals surface area (Å²) in [7, 11) is 0. The first-order valence-electron chi connectivity index (χ1n) is 6.68. The summed E-state index contributed by atoms with van der Waals surface area (Å²) in [6.07, 6.45) is 1.01. The summed E-state index contributed by atoms with van der Waals surface area (Å²) < 4.78 is 0. The fourth-order valence-corrected chi connectivity index (χ4v) is 3.53. The molecule has 0 spiro atoms. The Balaban J connectivity index is 2.19. The van der Waals surface area contributed by atoms with Crippen molar-refractivity contribution in [2.75, 3.05) is 13.1 Å². The number of piperazine rings is 1. The Labute approximate surface area is 113 Å². The number of aryl methyl sites for hydroxylation is 2. The smallest absolute Gasteiger partial charge is 0.264 e. The molecule has 0 aliphatic carbocycles. The third-order valence-electron chi connectivity index (χ3n) is 3.85. The van der Waals surface area contributed by atoms with Crippen LogP contribution >= 0.6 is 11.3 Å². The van der Waals surface area contributed by atoms with E-state index in [1.54, 1.807) is 11.3 Å². The normalized spacial score (nSPS) is 24.3. The zero-order chi connectivity index (χ0) is 13.3. The molecular weight excluding hydrogens is 244 g/mol. The highest BCUT2D eigenvalue weighted by molar-refractivity contribution is 7.14. The highest BCUT2D eigenvalue weighted by Gasteiger charge is 2.29. The van der Waals surface area contributed by atoms with Gasteiger partial charge in [-0.2, -0.15) is 0 Å². The predicted molar refractivity (Wildman–Crippen MR) is 76.4 cm³/mol. The summed E-state index contributed by atoms with van der Waals surface area (Å²) in [6, 6.07) is 2.68. The van der Waals surface area contributed by atoms with Gasteiger partial charge in [0.05, 0.1) is 4.88 Å². The maximum atomic E-state index is 12.5. The van der Waals surface area contributed by atoms with Crippen LogP contribution in [0.25, 0.3) is 0 Å². The average molecular weight is 266 g/mol. The van der Waals surface area contributed by atoms with E-state index in [9.17, 15) is 4.79 Å². The van der Waals surface area contributed by atoms with E-state index in [-0.39, 0.29) is 11.9 Å². The minimum atomic E-state index is 0.198. The van der Waals surface area contributed by atoms with Crippen molar-refractivity contribution in [1.29, 1.82) is 0 Å². The zero-order valence-electron chi connectivity index (χ0n) is 11.6. The summed E-state index contributed by atoms with van der Waals surface area (Å²) in [5.41, 5.74) is 1.25. The Bertz CT molecular complexity index is 441. The molecule has 2 unspecified atom stereocenters. The van der Waals surface area contributed by atoms with Crippen LogP contribution < -0.4 is 5.32 Å². The molecule has 4 heteroatoms. The number of amides is 1. The van der Waals surface area contributed by atoms with Crippen LogP contribution in [0.4, 0.5) is 0 Å². The zero-order valence-corrected chi connectivity index (χ0v) is 12.4. The number of carbonyl (C=O) groups is 1. The predicted octanol–water partition coefficient (Wildman–Crippen LogP) is 2.44. The summed E-state index contributed by atoms with van der Waals surface area (Å²) >= 11 is 1.65. The average Bonchev–Trinajstić information content (AvgIpc) is 2.73. The number of thiophene rings is 1. The molecule has 2 heterocycles. The Morgan fingerprint density at radius 2 is 2.28 bits per heavy atom. The van der Waals surface area contributed by atoms with Crippen LogP contribution in [0.2, 0.25) is 0 Å². The maximum Gasteiger partial charge on any atom is 0.264 e. The molecule has 1 aliphatic rings. The van der Waals surface area contributed by atoms with Crippen molar-refractivity contribution < 1.29 is 4.79 Å². The van der Waals surface area contributed by atoms with Crippen LogP contribution in [0.15, 0.2) is 6.07 Å². The first kappa shape index (κ1) is 13.6. The van der Waals surface area contributed by atoms with Crippen LogP contribution in [0.1, 0.15) is 40.9 Å². The van der Waals surface area contributed by atoms with Crippen LogP contribution in [0, 0.1) is 6.92 Å². The molecule has 2 rings (SSSR count). The van der Waals surface area contributed by atoms with Gasteiger partial charge in [-0.3, -0.25) is 4.79 Å². The summed E-state index contributed by atoms with van der Waals surface area (Å²) in [6.45, 7) is 10.2. The minimum absolute atomic E-state index is 0.198. The van der Waals surface area contributed by atoms with Crippen LogP contribution in [-0.4, -0.2) is 36.0 Å². The van der Waals surface area contributed by atoms with E-state index in [0.29, 0.717) is 6.04 Å². The molecule has 18 heavy (non-hydrogen) atoms. The maximum absolute atomic E-state index is 12.5. The van der Waals surface area contributed by atoms with Gasteiger partial charge < -0.3 is 10.2 Å². The number of rotatable bonds is 2. The molecule has 1 fully saturated rings. The molecule has 1 saturated heterocycles. The molecule has 3 nitrogen and oxygen atoms in total. The van der Waals surface area contributed by atoms with Crippen molar-refractivity contribution in [1.82, 2.24) is 10.2 Å². The molecule has 0 saturated carbocycles. The van der Waals surface area contributed by atoms with Crippen molar-refractivity contribution in [3.8, 4) is 0 Å². The Morgan fingerprint density at radius 3 is 2.89 bits per heavy atom. The highest BCUT2D eigenvalue weighted by Crippen LogP contribution is 2.25. The van der Waals surface area contributed by atoms with Gasteiger partial charge in [-0.15, -0.1) is 11.3 Å². The van der Waals surface area contributed by atoms with Crippen LogP contribution in [0.3, 0.4) is 0 Å². The summed E-state index contributed by atoms with van der Waals surface area (Å²) in [5, 5.41) is 3.41. The molecule has 2 atom stereocenters. The number of hydrogen-bond donors (Lipinski definition) is 1. The quantitative estimate of drug-likeness (QED) is 0.891. The van der Waals surface area contributed by atoms with E-state index in [1.165, 1.54) is 10.4 Å². The van der Waals surface area contributed by atoms with E-state index in [2.05, 4.69) is 33.0 Å². The molecule has 1 aliphatic heterocycles. The van der Waals surface area contributed by atoms with E-state index in [1.807, 2.05) is 11.0 Å². The lowest BCUT2D eigenvalue weighted by Gasteiger charge is -2.38. The lowest BCUT2D eigenvalue weighted by atomic mass is 10.1. The summed E-state index contributed by atoms with van der Waals surface area (Å²) in [5.74, 6) is 0.198. The van der Waals surface area contributed by atoms with Crippen LogP contribution in [0.5, 0.6) is 0 Å². The van der Waals surface area contributed by atoms with Gasteiger partial charge in [-0.1, -0.05) is 6.92 Å². The van der Waals surface area contributed by atoms with Crippen LogP contribution in [-0.2, 0) is 6.42 Å². The minimum Gasteiger partial charge on any atom is -0.332 e. The summed E-state index contributed by atoms with van der Waals surface area (Å²) in [4.78, 5) is 16.8. The van der Waals surface area contributed by atoms with E-state index < -0.39 is 0 Å². The Hall–Kier alpha value is -0.870. The number of nitrogens with zero attached hydrogens (tertiary/aromatic N) is 1. The first-order chi connectivity index (χ1) is 8.54. The largest absolute Gasteiger partial charge is 0.332 e. The van der Waals surface area contributed by atoms with Gasteiger partial charge >= 0.3 is 0 Å². The number of carbonyl (C=O) groups excluding carboxylic acids is 1. The number of hydrogen-bond acceptors (Lipinski definition) is 3. The molecule has 100 valence electrons. The first-order valence-corrected chi connectivity index (χ1v) is 7.50. The molecule has 1 N–H and O–H groups in total. The van der Waals surface area contributed by atoms with Gasteiger partial charge in [-0.05, 0) is 38.8 Å². The van der Waals surface area contributed by atoms with Crippen molar-refractivity contribution in [3.63, 3.8) is 0 Å². The highest BCUT2D eigenvalue weighted by atomic mass is 32.1. The molecule has 1 aromatic rings. The molecule has 1 amide bonds. The second kappa shape index (κ2) is 5.41. The van der Waals surface area contributed by atoms with Gasteiger partial charge in [-0.25, -0.2) is 0 Å². The Morgan fingerprint density at radius 1 is 1.56 bits per heavy atom. The van der Waals surface area contributed by atoms with Crippen molar-refractivity contribution in [3.05, 3.63) is 21.4 Å². The third-order valence-corrected chi connectivity index (χ3v) is 5.22. The monoisotopic (exact) mass is 266 g/mol. The van der Waals surface area contributed by atoms with Gasteiger partial charge in [0.15, 0.2) is 0 Å². The van der Waals surface area contributed by atoms with Gasteiger partial charge in [0.1, 0.15) is 0 Å². The van der Waals surface area contributed by atoms with Gasteiger partial charge in [0.2, 0.25) is 0 Å².